The molecule has 0 aromatic heterocycles. The van der Waals surface area contributed by atoms with Crippen LogP contribution >= 0.6 is 12.2 Å². The van der Waals surface area contributed by atoms with E-state index in [1.807, 2.05) is 5.16 Å². The maximum Gasteiger partial charge on any atom is 0.416 e. The van der Waals surface area contributed by atoms with Crippen molar-refractivity contribution >= 4 is 28.8 Å². The van der Waals surface area contributed by atoms with Gasteiger partial charge in [0.1, 0.15) is 0 Å². The highest BCUT2D eigenvalue weighted by molar-refractivity contribution is 7.78. The summed E-state index contributed by atoms with van der Waals surface area (Å²) < 4.78 is 72.1. The molecule has 2 rings (SSSR count). The Hall–Kier alpha value is -2.38. The Morgan fingerprint density at radius 2 is 1.33 bits per heavy atom. The lowest BCUT2D eigenvalue weighted by Gasteiger charge is -2.05. The van der Waals surface area contributed by atoms with E-state index in [0.717, 1.165) is 24.3 Å². The van der Waals surface area contributed by atoms with Gasteiger partial charge in [0.2, 0.25) is 0 Å². The Morgan fingerprint density at radius 1 is 0.833 bits per heavy atom. The Labute approximate surface area is 138 Å². The maximum absolute atomic E-state index is 12.1. The molecule has 2 nitrogen and oxygen atoms in total. The first kappa shape index (κ1) is 19.7. The SMILES string of the molecule is FC(F)(F)c1cccc(N=C=S)c1.Nc1cccc(C(F)(F)F)c1. The molecule has 0 bridgehead atoms. The van der Waals surface area contributed by atoms with Gasteiger partial charge in [0.15, 0.2) is 0 Å². The van der Waals surface area contributed by atoms with Crippen molar-refractivity contribution in [2.75, 3.05) is 5.73 Å². The summed E-state index contributed by atoms with van der Waals surface area (Å²) in [6, 6.07) is 9.16. The highest BCUT2D eigenvalue weighted by Gasteiger charge is 2.30. The molecule has 9 heteroatoms. The van der Waals surface area contributed by atoms with E-state index < -0.39 is 23.5 Å². The molecule has 128 valence electrons. The standard InChI is InChI=1S/C8H4F3NS.C7H6F3N/c9-8(10,11)6-2-1-3-7(4-6)12-5-13;8-7(9,10)5-2-1-3-6(11)4-5/h1-4H;1-4H,11H2. The van der Waals surface area contributed by atoms with Crippen LogP contribution in [0.2, 0.25) is 0 Å². The van der Waals surface area contributed by atoms with Gasteiger partial charge in [-0.2, -0.15) is 31.3 Å². The molecule has 0 saturated carbocycles. The molecule has 2 aromatic carbocycles. The predicted octanol–water partition coefficient (Wildman–Crippen LogP) is 5.73. The fourth-order valence-corrected chi connectivity index (χ4v) is 1.62. The largest absolute Gasteiger partial charge is 0.416 e. The summed E-state index contributed by atoms with van der Waals surface area (Å²) >= 11 is 4.27. The molecule has 0 aliphatic rings. The molecule has 0 aliphatic carbocycles. The molecule has 0 saturated heterocycles. The summed E-state index contributed by atoms with van der Waals surface area (Å²) in [6.45, 7) is 0. The van der Waals surface area contributed by atoms with Gasteiger partial charge in [0, 0.05) is 5.69 Å². The molecule has 0 atom stereocenters. The summed E-state index contributed by atoms with van der Waals surface area (Å²) in [5, 5.41) is 2.00. The quantitative estimate of drug-likeness (QED) is 0.304. The molecule has 0 aliphatic heterocycles. The number of rotatable bonds is 1. The smallest absolute Gasteiger partial charge is 0.399 e. The number of isothiocyanates is 1. The van der Waals surface area contributed by atoms with Gasteiger partial charge in [-0.1, -0.05) is 12.1 Å². The first-order valence-corrected chi connectivity index (χ1v) is 6.62. The minimum atomic E-state index is -4.34. The van der Waals surface area contributed by atoms with Crippen molar-refractivity contribution in [3.05, 3.63) is 59.7 Å². The summed E-state index contributed by atoms with van der Waals surface area (Å²) in [7, 11) is 0. The van der Waals surface area contributed by atoms with Crippen LogP contribution < -0.4 is 5.73 Å². The predicted molar refractivity (Wildman–Crippen MR) is 82.0 cm³/mol. The van der Waals surface area contributed by atoms with Crippen molar-refractivity contribution in [3.8, 4) is 0 Å². The number of anilines is 1. The fraction of sp³-hybridized carbons (Fsp3) is 0.133. The molecular weight excluding hydrogens is 354 g/mol. The van der Waals surface area contributed by atoms with Gasteiger partial charge in [-0.15, -0.1) is 0 Å². The van der Waals surface area contributed by atoms with Crippen molar-refractivity contribution in [2.45, 2.75) is 12.4 Å². The Bertz CT molecular complexity index is 733. The summed E-state index contributed by atoms with van der Waals surface area (Å²) in [5.74, 6) is 0. The maximum atomic E-state index is 12.1. The lowest BCUT2D eigenvalue weighted by atomic mass is 10.2. The van der Waals surface area contributed by atoms with Crippen LogP contribution in [0.3, 0.4) is 0 Å². The fourth-order valence-electron chi connectivity index (χ4n) is 1.52. The minimum absolute atomic E-state index is 0.125. The van der Waals surface area contributed by atoms with Gasteiger partial charge >= 0.3 is 12.4 Å². The van der Waals surface area contributed by atoms with Crippen LogP contribution in [-0.2, 0) is 12.4 Å². The Morgan fingerprint density at radius 3 is 1.75 bits per heavy atom. The number of aliphatic imine (C=N–C) groups is 1. The molecule has 0 radical (unpaired) electrons. The van der Waals surface area contributed by atoms with Crippen molar-refractivity contribution < 1.29 is 26.3 Å². The van der Waals surface area contributed by atoms with E-state index in [-0.39, 0.29) is 11.4 Å². The van der Waals surface area contributed by atoms with E-state index in [4.69, 9.17) is 5.73 Å². The zero-order valence-corrected chi connectivity index (χ0v) is 12.6. The second kappa shape index (κ2) is 7.94. The normalized spacial score (nSPS) is 11.1. The Balaban J connectivity index is 0.000000243. The monoisotopic (exact) mass is 364 g/mol. The summed E-state index contributed by atoms with van der Waals surface area (Å²) in [4.78, 5) is 3.45. The molecule has 2 N–H and O–H groups in total. The molecule has 0 fully saturated rings. The van der Waals surface area contributed by atoms with E-state index in [1.54, 1.807) is 0 Å². The van der Waals surface area contributed by atoms with Crippen LogP contribution in [0, 0.1) is 0 Å². The molecule has 0 spiro atoms. The number of benzene rings is 2. The zero-order chi connectivity index (χ0) is 18.4. The first-order chi connectivity index (χ1) is 11.0. The van der Waals surface area contributed by atoms with Crippen LogP contribution in [-0.4, -0.2) is 5.16 Å². The molecule has 0 unspecified atom stereocenters. The number of nitrogen functional groups attached to an aromatic ring is 1. The van der Waals surface area contributed by atoms with Gasteiger partial charge in [0.05, 0.1) is 22.0 Å². The summed E-state index contributed by atoms with van der Waals surface area (Å²) in [5.41, 5.74) is 3.99. The van der Waals surface area contributed by atoms with Crippen LogP contribution in [0.15, 0.2) is 53.5 Å². The van der Waals surface area contributed by atoms with Gasteiger partial charge in [-0.25, -0.2) is 0 Å². The van der Waals surface area contributed by atoms with Crippen LogP contribution in [0.1, 0.15) is 11.1 Å². The number of hydrogen-bond donors (Lipinski definition) is 1. The number of hydrogen-bond acceptors (Lipinski definition) is 3. The number of thiocarbonyl (C=S) groups is 1. The number of halogens is 6. The van der Waals surface area contributed by atoms with Crippen molar-refractivity contribution in [2.24, 2.45) is 4.99 Å². The third kappa shape index (κ3) is 6.39. The number of alkyl halides is 6. The average molecular weight is 364 g/mol. The third-order valence-corrected chi connectivity index (χ3v) is 2.65. The van der Waals surface area contributed by atoms with Gasteiger partial charge < -0.3 is 5.73 Å². The lowest BCUT2D eigenvalue weighted by Crippen LogP contribution is -2.04. The average Bonchev–Trinajstić information content (AvgIpc) is 2.47. The van der Waals surface area contributed by atoms with E-state index in [9.17, 15) is 26.3 Å². The van der Waals surface area contributed by atoms with E-state index in [0.29, 0.717) is 0 Å². The van der Waals surface area contributed by atoms with Crippen LogP contribution in [0.4, 0.5) is 37.7 Å². The third-order valence-electron chi connectivity index (χ3n) is 2.56. The van der Waals surface area contributed by atoms with Crippen molar-refractivity contribution in [1.29, 1.82) is 0 Å². The first-order valence-electron chi connectivity index (χ1n) is 6.22. The van der Waals surface area contributed by atoms with Gasteiger partial charge in [-0.3, -0.25) is 0 Å². The molecular formula is C15H10F6N2S. The highest BCUT2D eigenvalue weighted by atomic mass is 32.1. The highest BCUT2D eigenvalue weighted by Crippen LogP contribution is 2.31. The molecule has 0 amide bonds. The molecule has 24 heavy (non-hydrogen) atoms. The van der Waals surface area contributed by atoms with E-state index >= 15 is 0 Å². The summed E-state index contributed by atoms with van der Waals surface area (Å²) in [6.07, 6.45) is -8.64. The Kier molecular flexibility index (Phi) is 6.51. The van der Waals surface area contributed by atoms with Crippen molar-refractivity contribution in [3.63, 3.8) is 0 Å². The topological polar surface area (TPSA) is 38.4 Å². The molecule has 2 aromatic rings. The van der Waals surface area contributed by atoms with E-state index in [2.05, 4.69) is 17.2 Å². The second-order valence-electron chi connectivity index (χ2n) is 4.37. The van der Waals surface area contributed by atoms with Crippen LogP contribution in [0.5, 0.6) is 0 Å². The zero-order valence-electron chi connectivity index (χ0n) is 11.8. The number of nitrogens with two attached hydrogens (primary N) is 1. The minimum Gasteiger partial charge on any atom is -0.399 e. The second-order valence-corrected chi connectivity index (χ2v) is 4.56. The molecule has 0 heterocycles. The van der Waals surface area contributed by atoms with Crippen LogP contribution in [0.25, 0.3) is 0 Å². The van der Waals surface area contributed by atoms with Crippen molar-refractivity contribution in [1.82, 2.24) is 0 Å². The van der Waals surface area contributed by atoms with Gasteiger partial charge in [-0.05, 0) is 48.6 Å². The number of nitrogens with zero attached hydrogens (tertiary/aromatic N) is 1. The lowest BCUT2D eigenvalue weighted by molar-refractivity contribution is -0.138. The van der Waals surface area contributed by atoms with E-state index in [1.165, 1.54) is 24.3 Å². The van der Waals surface area contributed by atoms with Gasteiger partial charge in [0.25, 0.3) is 0 Å².